The largest absolute Gasteiger partial charge is 0.417 e. The van der Waals surface area contributed by atoms with Crippen LogP contribution in [0.25, 0.3) is 0 Å². The Bertz CT molecular complexity index is 486. The Kier molecular flexibility index (Phi) is 6.53. The van der Waals surface area contributed by atoms with E-state index in [2.05, 4.69) is 16.8 Å². The fraction of sp³-hybridized carbons (Fsp3) is 0.429. The molecule has 7 heteroatoms. The molecular formula is C14H17Cl2F3N2. The van der Waals surface area contributed by atoms with Crippen LogP contribution in [0.2, 0.25) is 5.02 Å². The monoisotopic (exact) mass is 340 g/mol. The summed E-state index contributed by atoms with van der Waals surface area (Å²) in [6, 6.07) is 3.83. The molecule has 1 heterocycles. The van der Waals surface area contributed by atoms with Crippen LogP contribution in [-0.4, -0.2) is 31.1 Å². The van der Waals surface area contributed by atoms with Gasteiger partial charge in [-0.15, -0.1) is 19.0 Å². The maximum absolute atomic E-state index is 12.9. The van der Waals surface area contributed by atoms with E-state index in [1.807, 2.05) is 0 Å². The van der Waals surface area contributed by atoms with Crippen molar-refractivity contribution in [2.75, 3.05) is 26.2 Å². The number of hydrogen-bond acceptors (Lipinski definition) is 2. The molecule has 0 radical (unpaired) electrons. The minimum absolute atomic E-state index is 0. The van der Waals surface area contributed by atoms with Gasteiger partial charge in [-0.2, -0.15) is 13.2 Å². The van der Waals surface area contributed by atoms with Crippen LogP contribution in [-0.2, 0) is 6.18 Å². The molecule has 2 nitrogen and oxygen atoms in total. The number of nitrogens with zero attached hydrogens (tertiary/aromatic N) is 1. The highest BCUT2D eigenvalue weighted by atomic mass is 35.5. The Hall–Kier alpha value is -0.750. The Morgan fingerprint density at radius 3 is 2.43 bits per heavy atom. The fourth-order valence-corrected chi connectivity index (χ4v) is 2.63. The smallest absolute Gasteiger partial charge is 0.314 e. The van der Waals surface area contributed by atoms with Gasteiger partial charge < -0.3 is 5.32 Å². The number of piperazine rings is 1. The van der Waals surface area contributed by atoms with E-state index in [1.54, 1.807) is 12.1 Å². The predicted octanol–water partition coefficient (Wildman–Crippen LogP) is 3.91. The summed E-state index contributed by atoms with van der Waals surface area (Å²) in [5.41, 5.74) is -0.225. The minimum Gasteiger partial charge on any atom is -0.314 e. The van der Waals surface area contributed by atoms with Crippen LogP contribution in [0.15, 0.2) is 30.9 Å². The molecule has 118 valence electrons. The van der Waals surface area contributed by atoms with Gasteiger partial charge in [-0.25, -0.2) is 0 Å². The van der Waals surface area contributed by atoms with Gasteiger partial charge in [-0.05, 0) is 17.7 Å². The van der Waals surface area contributed by atoms with Gasteiger partial charge in [0.15, 0.2) is 0 Å². The van der Waals surface area contributed by atoms with Crippen LogP contribution in [0.4, 0.5) is 13.2 Å². The van der Waals surface area contributed by atoms with Crippen LogP contribution in [0.5, 0.6) is 0 Å². The third kappa shape index (κ3) is 4.36. The summed E-state index contributed by atoms with van der Waals surface area (Å²) in [5.74, 6) is 0. The van der Waals surface area contributed by atoms with Crippen molar-refractivity contribution in [1.29, 1.82) is 0 Å². The fourth-order valence-electron chi connectivity index (χ4n) is 2.40. The molecule has 0 saturated carbocycles. The van der Waals surface area contributed by atoms with E-state index in [9.17, 15) is 13.2 Å². The lowest BCUT2D eigenvalue weighted by molar-refractivity contribution is -0.137. The molecule has 1 aliphatic heterocycles. The highest BCUT2D eigenvalue weighted by Crippen LogP contribution is 2.37. The first-order valence-electron chi connectivity index (χ1n) is 6.37. The van der Waals surface area contributed by atoms with E-state index < -0.39 is 11.7 Å². The molecule has 0 aromatic heterocycles. The Morgan fingerprint density at radius 1 is 1.29 bits per heavy atom. The molecular weight excluding hydrogens is 324 g/mol. The molecule has 0 bridgehead atoms. The van der Waals surface area contributed by atoms with Crippen molar-refractivity contribution < 1.29 is 13.2 Å². The first-order chi connectivity index (χ1) is 9.43. The predicted molar refractivity (Wildman–Crippen MR) is 81.1 cm³/mol. The standard InChI is InChI=1S/C14H16ClF3N2.ClH/c1-2-13(20-7-5-19-6-8-20)10-3-4-12(15)11(9-10)14(16,17)18;/h2-4,9,13,19H,1,5-8H2;1H/t13-;/m1./s1. The van der Waals surface area contributed by atoms with E-state index in [-0.39, 0.29) is 23.5 Å². The number of hydrogen-bond donors (Lipinski definition) is 1. The molecule has 1 N–H and O–H groups in total. The molecule has 1 fully saturated rings. The van der Waals surface area contributed by atoms with E-state index in [4.69, 9.17) is 11.6 Å². The Labute approximate surface area is 133 Å². The summed E-state index contributed by atoms with van der Waals surface area (Å²) in [5, 5.41) is 2.94. The molecule has 1 saturated heterocycles. The number of rotatable bonds is 3. The van der Waals surface area contributed by atoms with E-state index in [0.717, 1.165) is 32.2 Å². The number of benzene rings is 1. The van der Waals surface area contributed by atoms with Gasteiger partial charge in [0.1, 0.15) is 0 Å². The quantitative estimate of drug-likeness (QED) is 0.839. The second-order valence-electron chi connectivity index (χ2n) is 4.70. The van der Waals surface area contributed by atoms with Gasteiger partial charge in [0.2, 0.25) is 0 Å². The van der Waals surface area contributed by atoms with Crippen molar-refractivity contribution in [2.24, 2.45) is 0 Å². The molecule has 21 heavy (non-hydrogen) atoms. The number of alkyl halides is 3. The van der Waals surface area contributed by atoms with Crippen LogP contribution >= 0.6 is 24.0 Å². The SMILES string of the molecule is C=C[C@H](c1ccc(Cl)c(C(F)(F)F)c1)N1CCNCC1.Cl. The van der Waals surface area contributed by atoms with Crippen molar-refractivity contribution in [1.82, 2.24) is 10.2 Å². The van der Waals surface area contributed by atoms with Crippen molar-refractivity contribution in [3.63, 3.8) is 0 Å². The maximum Gasteiger partial charge on any atom is 0.417 e. The van der Waals surface area contributed by atoms with E-state index in [1.165, 1.54) is 6.07 Å². The normalized spacial score (nSPS) is 17.9. The minimum atomic E-state index is -4.44. The summed E-state index contributed by atoms with van der Waals surface area (Å²) in [4.78, 5) is 2.10. The summed E-state index contributed by atoms with van der Waals surface area (Å²) >= 11 is 5.65. The van der Waals surface area contributed by atoms with Gasteiger partial charge in [-0.3, -0.25) is 4.90 Å². The lowest BCUT2D eigenvalue weighted by Crippen LogP contribution is -2.44. The molecule has 0 spiro atoms. The van der Waals surface area contributed by atoms with Crippen molar-refractivity contribution in [3.8, 4) is 0 Å². The average Bonchev–Trinajstić information content (AvgIpc) is 2.41. The lowest BCUT2D eigenvalue weighted by atomic mass is 10.0. The Morgan fingerprint density at radius 2 is 1.90 bits per heavy atom. The molecule has 0 aliphatic carbocycles. The van der Waals surface area contributed by atoms with Gasteiger partial charge in [0.05, 0.1) is 16.6 Å². The third-order valence-electron chi connectivity index (χ3n) is 3.41. The van der Waals surface area contributed by atoms with Crippen LogP contribution in [0.1, 0.15) is 17.2 Å². The van der Waals surface area contributed by atoms with Gasteiger partial charge >= 0.3 is 6.18 Å². The Balaban J connectivity index is 0.00000220. The second kappa shape index (κ2) is 7.49. The zero-order chi connectivity index (χ0) is 14.8. The summed E-state index contributed by atoms with van der Waals surface area (Å²) in [6.07, 6.45) is -2.77. The van der Waals surface area contributed by atoms with E-state index in [0.29, 0.717) is 5.56 Å². The molecule has 1 aliphatic rings. The van der Waals surface area contributed by atoms with Crippen LogP contribution < -0.4 is 5.32 Å². The highest BCUT2D eigenvalue weighted by molar-refractivity contribution is 6.31. The topological polar surface area (TPSA) is 15.3 Å². The summed E-state index contributed by atoms with van der Waals surface area (Å²) in [6.45, 7) is 6.95. The zero-order valence-electron chi connectivity index (χ0n) is 11.3. The molecule has 2 rings (SSSR count). The van der Waals surface area contributed by atoms with Crippen LogP contribution in [0, 0.1) is 0 Å². The van der Waals surface area contributed by atoms with Crippen LogP contribution in [0.3, 0.4) is 0 Å². The highest BCUT2D eigenvalue weighted by Gasteiger charge is 2.34. The molecule has 1 atom stereocenters. The van der Waals surface area contributed by atoms with Crippen molar-refractivity contribution >= 4 is 24.0 Å². The molecule has 0 amide bonds. The first-order valence-corrected chi connectivity index (χ1v) is 6.75. The van der Waals surface area contributed by atoms with Crippen molar-refractivity contribution in [3.05, 3.63) is 47.0 Å². The second-order valence-corrected chi connectivity index (χ2v) is 5.11. The van der Waals surface area contributed by atoms with Crippen molar-refractivity contribution in [2.45, 2.75) is 12.2 Å². The van der Waals surface area contributed by atoms with Gasteiger partial charge in [-0.1, -0.05) is 23.7 Å². The summed E-state index contributed by atoms with van der Waals surface area (Å²) < 4.78 is 38.7. The number of nitrogens with one attached hydrogen (secondary N) is 1. The summed E-state index contributed by atoms with van der Waals surface area (Å²) in [7, 11) is 0. The maximum atomic E-state index is 12.9. The molecule has 1 aromatic carbocycles. The molecule has 0 unspecified atom stereocenters. The third-order valence-corrected chi connectivity index (χ3v) is 3.74. The zero-order valence-corrected chi connectivity index (χ0v) is 12.9. The molecule has 1 aromatic rings. The average molecular weight is 341 g/mol. The lowest BCUT2D eigenvalue weighted by Gasteiger charge is -2.33. The van der Waals surface area contributed by atoms with E-state index >= 15 is 0 Å². The number of halogens is 5. The van der Waals surface area contributed by atoms with Gasteiger partial charge in [0, 0.05) is 26.2 Å². The first kappa shape index (κ1) is 18.3. The van der Waals surface area contributed by atoms with Gasteiger partial charge in [0.25, 0.3) is 0 Å².